The van der Waals surface area contributed by atoms with Gasteiger partial charge in [-0.25, -0.2) is 8.42 Å². The molecule has 0 radical (unpaired) electrons. The molecule has 1 heterocycles. The van der Waals surface area contributed by atoms with Crippen LogP contribution in [-0.2, 0) is 9.84 Å². The summed E-state index contributed by atoms with van der Waals surface area (Å²) in [6.07, 6.45) is 1.29. The van der Waals surface area contributed by atoms with Gasteiger partial charge in [0.2, 0.25) is 0 Å². The highest BCUT2D eigenvalue weighted by Gasteiger charge is 2.34. The van der Waals surface area contributed by atoms with Gasteiger partial charge in [0.1, 0.15) is 0 Å². The second-order valence-electron chi connectivity index (χ2n) is 7.49. The van der Waals surface area contributed by atoms with E-state index in [2.05, 4.69) is 61.0 Å². The summed E-state index contributed by atoms with van der Waals surface area (Å²) in [6, 6.07) is 26.4. The summed E-state index contributed by atoms with van der Waals surface area (Å²) in [5.74, 6) is 0. The fraction of sp³-hybridized carbons (Fsp3) is 0.167. The number of halogens is 2. The van der Waals surface area contributed by atoms with Crippen LogP contribution in [0.3, 0.4) is 0 Å². The Morgan fingerprint density at radius 1 is 0.833 bits per heavy atom. The van der Waals surface area contributed by atoms with Crippen molar-refractivity contribution in [1.82, 2.24) is 4.90 Å². The summed E-state index contributed by atoms with van der Waals surface area (Å²) < 4.78 is 27.1. The normalized spacial score (nSPS) is 14.6. The van der Waals surface area contributed by atoms with Crippen LogP contribution in [0.2, 0.25) is 0 Å². The second-order valence-corrected chi connectivity index (χ2v) is 11.3. The molecule has 0 bridgehead atoms. The maximum Gasteiger partial charge on any atom is 0.176 e. The van der Waals surface area contributed by atoms with Crippen LogP contribution in [-0.4, -0.2) is 32.7 Å². The first-order valence-corrected chi connectivity index (χ1v) is 13.0. The van der Waals surface area contributed by atoms with Gasteiger partial charge in [0, 0.05) is 28.3 Å². The van der Waals surface area contributed by atoms with Crippen LogP contribution >= 0.6 is 31.9 Å². The quantitative estimate of drug-likeness (QED) is 0.389. The third-order valence-corrected chi connectivity index (χ3v) is 7.38. The maximum absolute atomic E-state index is 12.7. The van der Waals surface area contributed by atoms with E-state index in [-0.39, 0.29) is 6.04 Å². The van der Waals surface area contributed by atoms with Crippen molar-refractivity contribution in [3.63, 3.8) is 0 Å². The molecule has 0 amide bonds. The van der Waals surface area contributed by atoms with E-state index in [1.807, 2.05) is 54.6 Å². The van der Waals surface area contributed by atoms with Gasteiger partial charge in [-0.05, 0) is 40.5 Å². The predicted octanol–water partition coefficient (Wildman–Crippen LogP) is 6.07. The predicted molar refractivity (Wildman–Crippen MR) is 130 cm³/mol. The Bertz CT molecular complexity index is 1120. The number of benzene rings is 3. The fourth-order valence-corrected chi connectivity index (χ4v) is 6.51. The van der Waals surface area contributed by atoms with Gasteiger partial charge in [0.25, 0.3) is 0 Å². The molecule has 3 aromatic carbocycles. The molecule has 6 heteroatoms. The number of hydrogen-bond donors (Lipinski definition) is 0. The first-order chi connectivity index (χ1) is 14.3. The number of hydrogen-bond acceptors (Lipinski definition) is 3. The molecule has 30 heavy (non-hydrogen) atoms. The largest absolute Gasteiger partial charge is 0.284 e. The minimum absolute atomic E-state index is 0.0891. The third-order valence-electron chi connectivity index (χ3n) is 5.20. The van der Waals surface area contributed by atoms with E-state index in [4.69, 9.17) is 0 Å². The summed E-state index contributed by atoms with van der Waals surface area (Å²) in [5, 5.41) is 0. The Morgan fingerprint density at radius 2 is 1.30 bits per heavy atom. The Morgan fingerprint density at radius 3 is 1.73 bits per heavy atom. The molecule has 3 nitrogen and oxygen atoms in total. The molecule has 4 rings (SSSR count). The van der Waals surface area contributed by atoms with Gasteiger partial charge in [-0.3, -0.25) is 4.90 Å². The van der Waals surface area contributed by atoms with Crippen molar-refractivity contribution in [2.75, 3.05) is 19.3 Å². The van der Waals surface area contributed by atoms with E-state index in [1.54, 1.807) is 0 Å². The maximum atomic E-state index is 12.7. The molecule has 1 aliphatic rings. The Balaban J connectivity index is 1.73. The van der Waals surface area contributed by atoms with Crippen molar-refractivity contribution in [1.29, 1.82) is 0 Å². The zero-order chi connectivity index (χ0) is 21.3. The smallest absolute Gasteiger partial charge is 0.176 e. The van der Waals surface area contributed by atoms with Crippen LogP contribution in [0, 0.1) is 0 Å². The third kappa shape index (κ3) is 4.62. The molecule has 1 aliphatic heterocycles. The van der Waals surface area contributed by atoms with Crippen LogP contribution in [0.15, 0.2) is 93.4 Å². The summed E-state index contributed by atoms with van der Waals surface area (Å²) in [6.45, 7) is 1.22. The van der Waals surface area contributed by atoms with Crippen molar-refractivity contribution in [2.45, 2.75) is 6.04 Å². The molecular weight excluding hydrogens is 526 g/mol. The summed E-state index contributed by atoms with van der Waals surface area (Å²) in [4.78, 5) is 2.75. The average molecular weight is 547 g/mol. The van der Waals surface area contributed by atoms with Crippen molar-refractivity contribution in [2.24, 2.45) is 0 Å². The van der Waals surface area contributed by atoms with Crippen LogP contribution in [0.5, 0.6) is 0 Å². The molecule has 0 unspecified atom stereocenters. The lowest BCUT2D eigenvalue weighted by atomic mass is 9.92. The zero-order valence-electron chi connectivity index (χ0n) is 16.4. The van der Waals surface area contributed by atoms with Crippen LogP contribution in [0.4, 0.5) is 0 Å². The van der Waals surface area contributed by atoms with Crippen molar-refractivity contribution in [3.05, 3.63) is 110 Å². The van der Waals surface area contributed by atoms with E-state index in [0.29, 0.717) is 23.6 Å². The average Bonchev–Trinajstić information content (AvgIpc) is 2.66. The van der Waals surface area contributed by atoms with E-state index in [0.717, 1.165) is 14.5 Å². The van der Waals surface area contributed by atoms with E-state index in [1.165, 1.54) is 17.4 Å². The topological polar surface area (TPSA) is 37.4 Å². The molecule has 0 atom stereocenters. The number of nitrogens with zero attached hydrogens (tertiary/aromatic N) is 1. The highest BCUT2D eigenvalue weighted by molar-refractivity contribution is 9.11. The van der Waals surface area contributed by atoms with Gasteiger partial charge in [-0.2, -0.15) is 0 Å². The van der Waals surface area contributed by atoms with Crippen LogP contribution in [0.1, 0.15) is 22.7 Å². The minimum Gasteiger partial charge on any atom is -0.284 e. The molecule has 1 saturated heterocycles. The van der Waals surface area contributed by atoms with E-state index in [9.17, 15) is 8.42 Å². The summed E-state index contributed by atoms with van der Waals surface area (Å²) >= 11 is 6.95. The van der Waals surface area contributed by atoms with Gasteiger partial charge < -0.3 is 0 Å². The number of likely N-dealkylation sites (tertiary alicyclic amines) is 1. The van der Waals surface area contributed by atoms with Gasteiger partial charge in [0.15, 0.2) is 9.84 Å². The van der Waals surface area contributed by atoms with Gasteiger partial charge >= 0.3 is 0 Å². The highest BCUT2D eigenvalue weighted by Crippen LogP contribution is 2.39. The molecule has 0 N–H and O–H groups in total. The summed E-state index contributed by atoms with van der Waals surface area (Å²) in [5.41, 5.74) is 4.06. The first kappa shape index (κ1) is 21.5. The Labute approximate surface area is 194 Å². The molecule has 0 aliphatic carbocycles. The molecular formula is C24H21Br2NO2S. The highest BCUT2D eigenvalue weighted by atomic mass is 79.9. The summed E-state index contributed by atoms with van der Waals surface area (Å²) in [7, 11) is -3.38. The molecule has 0 saturated carbocycles. The van der Waals surface area contributed by atoms with Gasteiger partial charge in [0.05, 0.1) is 10.9 Å². The monoisotopic (exact) mass is 545 g/mol. The molecule has 154 valence electrons. The van der Waals surface area contributed by atoms with Crippen molar-refractivity contribution in [3.8, 4) is 0 Å². The molecule has 3 aromatic rings. The number of sulfone groups is 1. The SMILES string of the molecule is CS(=O)(=O)C(=C1CN(C(c2ccccc2)c2ccccc2)C1)c1cc(Br)cc(Br)c1. The standard InChI is InChI=1S/C24H21Br2NO2S/c1-30(28,29)24(19-12-21(25)14-22(26)13-19)20-15-27(16-20)23(17-8-4-2-5-9-17)18-10-6-3-7-11-18/h2-14,23H,15-16H2,1H3. The fourth-order valence-electron chi connectivity index (χ4n) is 4.02. The molecule has 1 fully saturated rings. The lowest BCUT2D eigenvalue weighted by Gasteiger charge is -2.42. The lowest BCUT2D eigenvalue weighted by Crippen LogP contribution is -2.44. The zero-order valence-corrected chi connectivity index (χ0v) is 20.4. The Hall–Kier alpha value is -1.73. The molecule has 0 spiro atoms. The Kier molecular flexibility index (Phi) is 6.30. The van der Waals surface area contributed by atoms with E-state index >= 15 is 0 Å². The lowest BCUT2D eigenvalue weighted by molar-refractivity contribution is 0.203. The van der Waals surface area contributed by atoms with Crippen molar-refractivity contribution < 1.29 is 8.42 Å². The molecule has 0 aromatic heterocycles. The van der Waals surface area contributed by atoms with Crippen molar-refractivity contribution >= 4 is 46.6 Å². The first-order valence-electron chi connectivity index (χ1n) is 9.55. The van der Waals surface area contributed by atoms with Crippen LogP contribution < -0.4 is 0 Å². The van der Waals surface area contributed by atoms with E-state index < -0.39 is 9.84 Å². The van der Waals surface area contributed by atoms with Gasteiger partial charge in [-0.15, -0.1) is 0 Å². The minimum atomic E-state index is -3.38. The van der Waals surface area contributed by atoms with Crippen LogP contribution in [0.25, 0.3) is 4.91 Å². The second kappa shape index (κ2) is 8.79. The van der Waals surface area contributed by atoms with Gasteiger partial charge in [-0.1, -0.05) is 92.5 Å². The number of rotatable bonds is 5.